The average Bonchev–Trinajstić information content (AvgIpc) is 2.66. The monoisotopic (exact) mass is 242 g/mol. The molecule has 0 spiro atoms. The minimum Gasteiger partial charge on any atom is -0.298 e. The fourth-order valence-corrected chi connectivity index (χ4v) is 1.77. The predicted octanol–water partition coefficient (Wildman–Crippen LogP) is 2.95. The number of allylic oxidation sites excluding steroid dienone is 3. The zero-order valence-electron chi connectivity index (χ0n) is 8.24. The number of carbonyl (C=O) groups is 1. The first-order valence-electron chi connectivity index (χ1n) is 4.37. The third-order valence-corrected chi connectivity index (χ3v) is 2.55. The largest absolute Gasteiger partial charge is 0.298 e. The quantitative estimate of drug-likeness (QED) is 0.501. The van der Waals surface area contributed by atoms with E-state index in [1.807, 2.05) is 18.4 Å². The molecule has 3 nitrogen and oxygen atoms in total. The van der Waals surface area contributed by atoms with Gasteiger partial charge in [0.1, 0.15) is 0 Å². The maximum Gasteiger partial charge on any atom is 0.250 e. The van der Waals surface area contributed by atoms with Crippen molar-refractivity contribution in [1.82, 2.24) is 4.98 Å². The normalized spacial score (nSPS) is 11.3. The van der Waals surface area contributed by atoms with Crippen LogP contribution in [0.5, 0.6) is 0 Å². The summed E-state index contributed by atoms with van der Waals surface area (Å²) in [5, 5.41) is 5.03. The lowest BCUT2D eigenvalue weighted by molar-refractivity contribution is -0.111. The zero-order chi connectivity index (χ0) is 11.1. The fourth-order valence-electron chi connectivity index (χ4n) is 0.827. The van der Waals surface area contributed by atoms with Gasteiger partial charge in [0.2, 0.25) is 5.91 Å². The Morgan fingerprint density at radius 3 is 3.07 bits per heavy atom. The molecule has 1 N–H and O–H groups in total. The highest BCUT2D eigenvalue weighted by molar-refractivity contribution is 7.14. The summed E-state index contributed by atoms with van der Waals surface area (Å²) in [4.78, 5) is 15.4. The molecule has 80 valence electrons. The van der Waals surface area contributed by atoms with E-state index in [1.54, 1.807) is 12.2 Å². The molecule has 0 saturated heterocycles. The summed E-state index contributed by atoms with van der Waals surface area (Å²) in [6, 6.07) is 0. The standard InChI is InChI=1S/C10H11ClN2OS/c1-2-3-4-5-9(14)13-10-12-8(6-11)7-15-10/h2-5,7H,6H2,1H3,(H,12,13,14)/b3-2+,5-4+. The summed E-state index contributed by atoms with van der Waals surface area (Å²) in [5.74, 6) is 0.171. The van der Waals surface area contributed by atoms with Crippen LogP contribution in [0.3, 0.4) is 0 Å². The number of anilines is 1. The molecule has 15 heavy (non-hydrogen) atoms. The number of carbonyl (C=O) groups excluding carboxylic acids is 1. The van der Waals surface area contributed by atoms with Crippen molar-refractivity contribution in [3.8, 4) is 0 Å². The summed E-state index contributed by atoms with van der Waals surface area (Å²) in [6.07, 6.45) is 6.75. The van der Waals surface area contributed by atoms with Gasteiger partial charge in [0.25, 0.3) is 0 Å². The molecule has 1 amide bonds. The van der Waals surface area contributed by atoms with Crippen LogP contribution >= 0.6 is 22.9 Å². The molecule has 1 aromatic rings. The van der Waals surface area contributed by atoms with Crippen molar-refractivity contribution in [3.05, 3.63) is 35.4 Å². The van der Waals surface area contributed by atoms with Crippen LogP contribution in [-0.2, 0) is 10.7 Å². The van der Waals surface area contributed by atoms with Crippen LogP contribution < -0.4 is 5.32 Å². The van der Waals surface area contributed by atoms with Gasteiger partial charge in [-0.2, -0.15) is 0 Å². The first-order valence-corrected chi connectivity index (χ1v) is 5.78. The first kappa shape index (κ1) is 11.9. The van der Waals surface area contributed by atoms with Crippen LogP contribution in [0.4, 0.5) is 5.13 Å². The summed E-state index contributed by atoms with van der Waals surface area (Å²) < 4.78 is 0. The SMILES string of the molecule is C/C=C/C=C/C(=O)Nc1nc(CCl)cs1. The second-order valence-corrected chi connectivity index (χ2v) is 3.78. The molecule has 1 heterocycles. The molecule has 0 bridgehead atoms. The van der Waals surface area contributed by atoms with Gasteiger partial charge in [-0.1, -0.05) is 18.2 Å². The molecular formula is C10H11ClN2OS. The van der Waals surface area contributed by atoms with E-state index >= 15 is 0 Å². The van der Waals surface area contributed by atoms with Crippen LogP contribution in [0.15, 0.2) is 29.7 Å². The molecule has 1 aromatic heterocycles. The van der Waals surface area contributed by atoms with Crippen molar-refractivity contribution in [2.24, 2.45) is 0 Å². The maximum atomic E-state index is 11.3. The van der Waals surface area contributed by atoms with Gasteiger partial charge in [-0.3, -0.25) is 10.1 Å². The summed E-state index contributed by atoms with van der Waals surface area (Å²) in [5.41, 5.74) is 0.773. The number of rotatable bonds is 4. The van der Waals surface area contributed by atoms with Crippen LogP contribution in [0.25, 0.3) is 0 Å². The van der Waals surface area contributed by atoms with Gasteiger partial charge < -0.3 is 0 Å². The van der Waals surface area contributed by atoms with Crippen molar-refractivity contribution in [2.75, 3.05) is 5.32 Å². The fraction of sp³-hybridized carbons (Fsp3) is 0.200. The Morgan fingerprint density at radius 1 is 1.67 bits per heavy atom. The lowest BCUT2D eigenvalue weighted by Crippen LogP contribution is -2.07. The first-order chi connectivity index (χ1) is 7.26. The van der Waals surface area contributed by atoms with Crippen molar-refractivity contribution >= 4 is 34.0 Å². The number of hydrogen-bond donors (Lipinski definition) is 1. The molecule has 0 unspecified atom stereocenters. The number of nitrogens with one attached hydrogen (secondary N) is 1. The van der Waals surface area contributed by atoms with E-state index in [0.717, 1.165) is 5.69 Å². The van der Waals surface area contributed by atoms with Crippen molar-refractivity contribution in [3.63, 3.8) is 0 Å². The Labute approximate surface area is 97.5 Å². The van der Waals surface area contributed by atoms with Crippen LogP contribution in [0, 0.1) is 0 Å². The molecule has 0 radical (unpaired) electrons. The number of aromatic nitrogens is 1. The highest BCUT2D eigenvalue weighted by atomic mass is 35.5. The van der Waals surface area contributed by atoms with Gasteiger partial charge in [0, 0.05) is 11.5 Å². The third-order valence-electron chi connectivity index (χ3n) is 1.47. The second kappa shape index (κ2) is 6.37. The minimum atomic E-state index is -0.191. The van der Waals surface area contributed by atoms with E-state index in [4.69, 9.17) is 11.6 Å². The van der Waals surface area contributed by atoms with Gasteiger partial charge in [-0.05, 0) is 6.92 Å². The molecule has 5 heteroatoms. The molecule has 0 aliphatic heterocycles. The molecule has 0 aliphatic rings. The molecule has 0 fully saturated rings. The predicted molar refractivity (Wildman–Crippen MR) is 64.3 cm³/mol. The minimum absolute atomic E-state index is 0.191. The Balaban J connectivity index is 2.51. The van der Waals surface area contributed by atoms with E-state index in [0.29, 0.717) is 11.0 Å². The van der Waals surface area contributed by atoms with E-state index in [1.165, 1.54) is 17.4 Å². The lowest BCUT2D eigenvalue weighted by atomic mass is 10.4. The third kappa shape index (κ3) is 4.27. The van der Waals surface area contributed by atoms with Crippen LogP contribution in [0.2, 0.25) is 0 Å². The molecular weight excluding hydrogens is 232 g/mol. The zero-order valence-corrected chi connectivity index (χ0v) is 9.81. The molecule has 0 saturated carbocycles. The Morgan fingerprint density at radius 2 is 2.47 bits per heavy atom. The summed E-state index contributed by atoms with van der Waals surface area (Å²) in [6.45, 7) is 1.88. The maximum absolute atomic E-state index is 11.3. The van der Waals surface area contributed by atoms with E-state index in [2.05, 4.69) is 10.3 Å². The molecule has 0 aromatic carbocycles. The van der Waals surface area contributed by atoms with E-state index < -0.39 is 0 Å². The Hall–Kier alpha value is -1.13. The van der Waals surface area contributed by atoms with Crippen molar-refractivity contribution < 1.29 is 4.79 Å². The smallest absolute Gasteiger partial charge is 0.250 e. The highest BCUT2D eigenvalue weighted by Crippen LogP contribution is 2.16. The summed E-state index contributed by atoms with van der Waals surface area (Å²) >= 11 is 6.95. The molecule has 0 atom stereocenters. The van der Waals surface area contributed by atoms with E-state index in [9.17, 15) is 4.79 Å². The number of amides is 1. The van der Waals surface area contributed by atoms with Crippen molar-refractivity contribution in [2.45, 2.75) is 12.8 Å². The Bertz CT molecular complexity index is 385. The number of nitrogens with zero attached hydrogens (tertiary/aromatic N) is 1. The van der Waals surface area contributed by atoms with Crippen LogP contribution in [0.1, 0.15) is 12.6 Å². The second-order valence-electron chi connectivity index (χ2n) is 2.65. The summed E-state index contributed by atoms with van der Waals surface area (Å²) in [7, 11) is 0. The number of thiazole rings is 1. The number of halogens is 1. The van der Waals surface area contributed by atoms with Gasteiger partial charge in [0.05, 0.1) is 11.6 Å². The van der Waals surface area contributed by atoms with E-state index in [-0.39, 0.29) is 5.91 Å². The average molecular weight is 243 g/mol. The van der Waals surface area contributed by atoms with Crippen molar-refractivity contribution in [1.29, 1.82) is 0 Å². The van der Waals surface area contributed by atoms with Crippen LogP contribution in [-0.4, -0.2) is 10.9 Å². The Kier molecular flexibility index (Phi) is 5.07. The number of hydrogen-bond acceptors (Lipinski definition) is 3. The lowest BCUT2D eigenvalue weighted by Gasteiger charge is -1.94. The molecule has 0 aliphatic carbocycles. The topological polar surface area (TPSA) is 42.0 Å². The number of alkyl halides is 1. The van der Waals surface area contributed by atoms with Gasteiger partial charge in [-0.25, -0.2) is 4.98 Å². The van der Waals surface area contributed by atoms with Gasteiger partial charge in [0.15, 0.2) is 5.13 Å². The molecule has 1 rings (SSSR count). The van der Waals surface area contributed by atoms with Gasteiger partial charge >= 0.3 is 0 Å². The highest BCUT2D eigenvalue weighted by Gasteiger charge is 2.02. The van der Waals surface area contributed by atoms with Gasteiger partial charge in [-0.15, -0.1) is 22.9 Å².